The van der Waals surface area contributed by atoms with Crippen molar-refractivity contribution in [2.24, 2.45) is 0 Å². The summed E-state index contributed by atoms with van der Waals surface area (Å²) in [7, 11) is 0. The number of hydrogen-bond acceptors (Lipinski definition) is 3. The van der Waals surface area contributed by atoms with Crippen molar-refractivity contribution < 1.29 is 4.42 Å². The van der Waals surface area contributed by atoms with Gasteiger partial charge >= 0.3 is 0 Å². The second-order valence-electron chi connectivity index (χ2n) is 10.7. The fourth-order valence-corrected chi connectivity index (χ4v) is 6.43. The molecule has 0 bridgehead atoms. The van der Waals surface area contributed by atoms with Crippen molar-refractivity contribution in [3.8, 4) is 34.3 Å². The Morgan fingerprint density at radius 2 is 1.19 bits per heavy atom. The van der Waals surface area contributed by atoms with E-state index in [0.29, 0.717) is 11.8 Å². The molecule has 0 saturated carbocycles. The number of hydrogen-bond donors (Lipinski definition) is 0. The van der Waals surface area contributed by atoms with Crippen LogP contribution >= 0.6 is 0 Å². The lowest BCUT2D eigenvalue weighted by Crippen LogP contribution is -1.96. The number of fused-ring (bicyclic) bond motifs is 7. The molecule has 9 aromatic rings. The van der Waals surface area contributed by atoms with E-state index in [1.165, 1.54) is 10.8 Å². The van der Waals surface area contributed by atoms with Crippen molar-refractivity contribution in [2.75, 3.05) is 0 Å². The van der Waals surface area contributed by atoms with E-state index >= 15 is 0 Å². The monoisotopic (exact) mass is 552 g/mol. The fourth-order valence-electron chi connectivity index (χ4n) is 6.43. The zero-order valence-corrected chi connectivity index (χ0v) is 23.1. The molecular formula is C38H24N4O. The first-order chi connectivity index (χ1) is 21.4. The first kappa shape index (κ1) is 23.7. The van der Waals surface area contributed by atoms with E-state index in [9.17, 15) is 0 Å². The highest BCUT2D eigenvalue weighted by molar-refractivity contribution is 6.26. The van der Waals surface area contributed by atoms with E-state index in [1.54, 1.807) is 0 Å². The molecule has 0 saturated heterocycles. The molecule has 5 heteroatoms. The van der Waals surface area contributed by atoms with Crippen LogP contribution in [0, 0.1) is 0 Å². The topological polar surface area (TPSA) is 48.8 Å². The Bertz CT molecular complexity index is 2440. The largest absolute Gasteiger partial charge is 0.419 e. The van der Waals surface area contributed by atoms with Crippen LogP contribution in [-0.4, -0.2) is 19.1 Å². The Balaban J connectivity index is 1.45. The van der Waals surface area contributed by atoms with Crippen molar-refractivity contribution >= 4 is 43.6 Å². The first-order valence-electron chi connectivity index (χ1n) is 14.3. The molecule has 4 aromatic heterocycles. The van der Waals surface area contributed by atoms with Crippen LogP contribution in [0.25, 0.3) is 77.9 Å². The van der Waals surface area contributed by atoms with Gasteiger partial charge in [-0.2, -0.15) is 0 Å². The van der Waals surface area contributed by atoms with E-state index < -0.39 is 0 Å². The Labute approximate surface area is 246 Å². The number of benzene rings is 5. The minimum atomic E-state index is 0.589. The molecule has 0 fully saturated rings. The van der Waals surface area contributed by atoms with Crippen molar-refractivity contribution in [2.45, 2.75) is 0 Å². The van der Waals surface area contributed by atoms with Gasteiger partial charge in [0.25, 0.3) is 0 Å². The smallest absolute Gasteiger partial charge is 0.233 e. The van der Waals surface area contributed by atoms with Gasteiger partial charge in [-0.25, -0.2) is 4.98 Å². The summed E-state index contributed by atoms with van der Waals surface area (Å²) in [6, 6.07) is 46.1. The maximum atomic E-state index is 6.74. The Morgan fingerprint density at radius 3 is 1.93 bits per heavy atom. The maximum Gasteiger partial charge on any atom is 0.233 e. The van der Waals surface area contributed by atoms with Crippen LogP contribution in [0.4, 0.5) is 0 Å². The lowest BCUT2D eigenvalue weighted by molar-refractivity contribution is 0.554. The summed E-state index contributed by atoms with van der Waals surface area (Å²) in [5.74, 6) is 1.28. The summed E-state index contributed by atoms with van der Waals surface area (Å²) < 4.78 is 11.3. The molecule has 5 nitrogen and oxygen atoms in total. The normalized spacial score (nSPS) is 11.7. The van der Waals surface area contributed by atoms with Crippen LogP contribution in [-0.2, 0) is 0 Å². The number of para-hydroxylation sites is 2. The summed E-state index contributed by atoms with van der Waals surface area (Å²) in [5, 5.41) is 4.70. The molecule has 0 unspecified atom stereocenters. The SMILES string of the molecule is c1ccc(-c2nc(-c3ccccc3)c(-n3c4ccccc4c4c3ccc3c5ccccc5n(-c5cccnc5)c34)o2)cc1. The van der Waals surface area contributed by atoms with Crippen LogP contribution in [0.5, 0.6) is 0 Å². The summed E-state index contributed by atoms with van der Waals surface area (Å²) in [5.41, 5.74) is 8.15. The number of rotatable bonds is 4. The minimum Gasteiger partial charge on any atom is -0.419 e. The van der Waals surface area contributed by atoms with Gasteiger partial charge in [0.1, 0.15) is 5.69 Å². The van der Waals surface area contributed by atoms with Crippen LogP contribution in [0.1, 0.15) is 0 Å². The van der Waals surface area contributed by atoms with Gasteiger partial charge < -0.3 is 8.98 Å². The summed E-state index contributed by atoms with van der Waals surface area (Å²) in [6.07, 6.45) is 3.75. The van der Waals surface area contributed by atoms with Crippen LogP contribution in [0.2, 0.25) is 0 Å². The van der Waals surface area contributed by atoms with Crippen molar-refractivity contribution in [3.63, 3.8) is 0 Å². The standard InChI is InChI=1S/C38H24N4O/c1-3-12-25(13-4-1)35-38(43-37(40-35)26-14-5-2-6-15-26)42-32-20-10-8-18-30(32)34-33(42)22-21-29-28-17-7-9-19-31(28)41(36(29)34)27-16-11-23-39-24-27/h1-24H. The van der Waals surface area contributed by atoms with Gasteiger partial charge in [-0.05, 0) is 42.5 Å². The Kier molecular flexibility index (Phi) is 5.13. The molecule has 4 heterocycles. The van der Waals surface area contributed by atoms with E-state index in [4.69, 9.17) is 9.40 Å². The van der Waals surface area contributed by atoms with Gasteiger partial charge in [0.2, 0.25) is 11.8 Å². The first-order valence-corrected chi connectivity index (χ1v) is 14.3. The molecule has 0 aliphatic rings. The van der Waals surface area contributed by atoms with Crippen LogP contribution < -0.4 is 0 Å². The summed E-state index contributed by atoms with van der Waals surface area (Å²) >= 11 is 0. The molecular weight excluding hydrogens is 528 g/mol. The predicted octanol–water partition coefficient (Wildman–Crippen LogP) is 9.60. The Hall–Kier alpha value is -5.94. The fraction of sp³-hybridized carbons (Fsp3) is 0. The van der Waals surface area contributed by atoms with Gasteiger partial charge in [-0.3, -0.25) is 9.55 Å². The summed E-state index contributed by atoms with van der Waals surface area (Å²) in [6.45, 7) is 0. The number of nitrogens with zero attached hydrogens (tertiary/aromatic N) is 4. The van der Waals surface area contributed by atoms with Gasteiger partial charge in [-0.1, -0.05) is 91.0 Å². The van der Waals surface area contributed by atoms with E-state index in [0.717, 1.165) is 55.3 Å². The zero-order valence-electron chi connectivity index (χ0n) is 23.1. The molecule has 0 spiro atoms. The average molecular weight is 553 g/mol. The lowest BCUT2D eigenvalue weighted by Gasteiger charge is -2.09. The van der Waals surface area contributed by atoms with Crippen LogP contribution in [0.3, 0.4) is 0 Å². The van der Waals surface area contributed by atoms with E-state index in [1.807, 2.05) is 67.0 Å². The molecule has 5 aromatic carbocycles. The molecule has 0 aliphatic heterocycles. The quantitative estimate of drug-likeness (QED) is 0.218. The molecule has 9 rings (SSSR count). The number of oxazole rings is 1. The van der Waals surface area contributed by atoms with Gasteiger partial charge in [0.05, 0.1) is 34.0 Å². The minimum absolute atomic E-state index is 0.589. The van der Waals surface area contributed by atoms with Gasteiger partial charge in [0.15, 0.2) is 0 Å². The lowest BCUT2D eigenvalue weighted by atomic mass is 10.1. The van der Waals surface area contributed by atoms with Gasteiger partial charge in [0, 0.05) is 38.9 Å². The highest BCUT2D eigenvalue weighted by Gasteiger charge is 2.25. The second kappa shape index (κ2) is 9.29. The van der Waals surface area contributed by atoms with Crippen LogP contribution in [0.15, 0.2) is 150 Å². The van der Waals surface area contributed by atoms with E-state index in [2.05, 4.69) is 93.0 Å². The second-order valence-corrected chi connectivity index (χ2v) is 10.7. The molecule has 0 amide bonds. The molecule has 0 radical (unpaired) electrons. The molecule has 0 atom stereocenters. The van der Waals surface area contributed by atoms with E-state index in [-0.39, 0.29) is 0 Å². The van der Waals surface area contributed by atoms with Crippen molar-refractivity contribution in [1.82, 2.24) is 19.1 Å². The third kappa shape index (κ3) is 3.52. The molecule has 0 N–H and O–H groups in total. The molecule has 0 aliphatic carbocycles. The third-order valence-electron chi connectivity index (χ3n) is 8.25. The predicted molar refractivity (Wildman–Crippen MR) is 174 cm³/mol. The average Bonchev–Trinajstić information content (AvgIpc) is 3.76. The molecule has 202 valence electrons. The van der Waals surface area contributed by atoms with Crippen molar-refractivity contribution in [1.29, 1.82) is 0 Å². The summed E-state index contributed by atoms with van der Waals surface area (Å²) in [4.78, 5) is 9.56. The number of aromatic nitrogens is 4. The Morgan fingerprint density at radius 1 is 0.512 bits per heavy atom. The number of pyridine rings is 1. The van der Waals surface area contributed by atoms with Gasteiger partial charge in [-0.15, -0.1) is 0 Å². The zero-order chi connectivity index (χ0) is 28.3. The maximum absolute atomic E-state index is 6.74. The third-order valence-corrected chi connectivity index (χ3v) is 8.25. The van der Waals surface area contributed by atoms with Crippen molar-refractivity contribution in [3.05, 3.63) is 146 Å². The highest BCUT2D eigenvalue weighted by atomic mass is 16.4. The highest BCUT2D eigenvalue weighted by Crippen LogP contribution is 2.43. The molecule has 43 heavy (non-hydrogen) atoms.